The van der Waals surface area contributed by atoms with E-state index < -0.39 is 11.9 Å². The maximum absolute atomic E-state index is 12.8. The lowest BCUT2D eigenvalue weighted by Crippen LogP contribution is -2.43. The summed E-state index contributed by atoms with van der Waals surface area (Å²) in [6, 6.07) is -3.51. The number of hydrogen-bond donors (Lipinski definition) is 0. The maximum Gasteiger partial charge on any atom is 0.357 e. The van der Waals surface area contributed by atoms with Gasteiger partial charge in [-0.2, -0.15) is 8.78 Å². The predicted molar refractivity (Wildman–Crippen MR) is 40.5 cm³/mol. The Bertz CT molecular complexity index is 210. The summed E-state index contributed by atoms with van der Waals surface area (Å²) >= 11 is 0. The van der Waals surface area contributed by atoms with Gasteiger partial charge in [-0.15, -0.1) is 0 Å². The third kappa shape index (κ3) is 1.69. The van der Waals surface area contributed by atoms with Crippen LogP contribution in [-0.2, 0) is 0 Å². The first-order valence-electron chi connectivity index (χ1n) is 3.68. The first kappa shape index (κ1) is 9.32. The first-order valence-corrected chi connectivity index (χ1v) is 3.68. The molecular formula is C8H10F3N. The molecular weight excluding hydrogens is 167 g/mol. The molecule has 0 amide bonds. The number of rotatable bonds is 2. The zero-order chi connectivity index (χ0) is 9.19. The lowest BCUT2D eigenvalue weighted by Gasteiger charge is -2.30. The summed E-state index contributed by atoms with van der Waals surface area (Å²) in [7, 11) is 0. The highest BCUT2D eigenvalue weighted by molar-refractivity contribution is 5.02. The van der Waals surface area contributed by atoms with Gasteiger partial charge in [0, 0.05) is 13.1 Å². The Hall–Kier alpha value is -0.770. The van der Waals surface area contributed by atoms with Gasteiger partial charge in [-0.3, -0.25) is 0 Å². The van der Waals surface area contributed by atoms with Crippen molar-refractivity contribution in [1.82, 2.24) is 4.90 Å². The molecule has 0 aromatic rings. The van der Waals surface area contributed by atoms with Crippen LogP contribution in [0.2, 0.25) is 0 Å². The Morgan fingerprint density at radius 1 is 1.42 bits per heavy atom. The molecule has 1 nitrogen and oxygen atoms in total. The quantitative estimate of drug-likeness (QED) is 0.462. The molecule has 0 atom stereocenters. The van der Waals surface area contributed by atoms with Gasteiger partial charge >= 0.3 is 6.05 Å². The van der Waals surface area contributed by atoms with E-state index in [1.807, 2.05) is 0 Å². The van der Waals surface area contributed by atoms with E-state index in [0.717, 1.165) is 4.90 Å². The van der Waals surface area contributed by atoms with Crippen molar-refractivity contribution in [2.24, 2.45) is 0 Å². The van der Waals surface area contributed by atoms with Crippen LogP contribution in [0.4, 0.5) is 13.2 Å². The van der Waals surface area contributed by atoms with Crippen LogP contribution in [0.5, 0.6) is 0 Å². The van der Waals surface area contributed by atoms with Crippen LogP contribution in [0.25, 0.3) is 0 Å². The van der Waals surface area contributed by atoms with E-state index in [4.69, 9.17) is 0 Å². The fourth-order valence-electron chi connectivity index (χ4n) is 1.07. The molecule has 0 fully saturated rings. The highest BCUT2D eigenvalue weighted by Gasteiger charge is 2.40. The molecule has 0 spiro atoms. The highest BCUT2D eigenvalue weighted by atomic mass is 19.3. The van der Waals surface area contributed by atoms with Crippen molar-refractivity contribution in [1.29, 1.82) is 0 Å². The van der Waals surface area contributed by atoms with Gasteiger partial charge < -0.3 is 0 Å². The van der Waals surface area contributed by atoms with Crippen molar-refractivity contribution in [3.05, 3.63) is 24.6 Å². The zero-order valence-corrected chi connectivity index (χ0v) is 6.56. The van der Waals surface area contributed by atoms with E-state index in [1.54, 1.807) is 12.2 Å². The van der Waals surface area contributed by atoms with Crippen molar-refractivity contribution in [2.75, 3.05) is 13.1 Å². The Balaban J connectivity index is 2.67. The lowest BCUT2D eigenvalue weighted by molar-refractivity contribution is -0.123. The van der Waals surface area contributed by atoms with Crippen molar-refractivity contribution >= 4 is 0 Å². The standard InChI is InChI=1S/C8H10F3N/c1-7(9)8(10,11)12-5-3-2-4-6-12/h2-3H,1,4-6H2. The van der Waals surface area contributed by atoms with Crippen molar-refractivity contribution in [2.45, 2.75) is 12.5 Å². The Kier molecular flexibility index (Phi) is 2.57. The van der Waals surface area contributed by atoms with Gasteiger partial charge in [0.2, 0.25) is 0 Å². The Labute approximate surface area is 69.2 Å². The Morgan fingerprint density at radius 3 is 2.50 bits per heavy atom. The average Bonchev–Trinajstić information content (AvgIpc) is 2.06. The molecule has 0 aromatic carbocycles. The smallest absolute Gasteiger partial charge is 0.234 e. The van der Waals surface area contributed by atoms with Crippen molar-refractivity contribution in [3.63, 3.8) is 0 Å². The molecule has 0 aliphatic carbocycles. The summed E-state index contributed by atoms with van der Waals surface area (Å²) in [5.74, 6) is -1.59. The highest BCUT2D eigenvalue weighted by Crippen LogP contribution is 2.29. The van der Waals surface area contributed by atoms with Gasteiger partial charge in [-0.1, -0.05) is 18.7 Å². The predicted octanol–water partition coefficient (Wildman–Crippen LogP) is 2.32. The summed E-state index contributed by atoms with van der Waals surface area (Å²) in [5.41, 5.74) is 0. The largest absolute Gasteiger partial charge is 0.357 e. The van der Waals surface area contributed by atoms with Crippen LogP contribution in [0.3, 0.4) is 0 Å². The summed E-state index contributed by atoms with van der Waals surface area (Å²) in [4.78, 5) is 0.759. The van der Waals surface area contributed by atoms with E-state index in [9.17, 15) is 13.2 Å². The molecule has 1 rings (SSSR count). The van der Waals surface area contributed by atoms with Crippen LogP contribution in [0.1, 0.15) is 6.42 Å². The number of halogens is 3. The molecule has 0 aromatic heterocycles. The number of nitrogens with zero attached hydrogens (tertiary/aromatic N) is 1. The van der Waals surface area contributed by atoms with E-state index in [2.05, 4.69) is 6.58 Å². The molecule has 1 aliphatic heterocycles. The summed E-state index contributed by atoms with van der Waals surface area (Å²) in [6.45, 7) is 2.87. The van der Waals surface area contributed by atoms with Gasteiger partial charge in [0.05, 0.1) is 0 Å². The third-order valence-corrected chi connectivity index (χ3v) is 1.78. The molecule has 1 heterocycles. The van der Waals surface area contributed by atoms with Crippen molar-refractivity contribution in [3.8, 4) is 0 Å². The molecule has 1 aliphatic rings. The maximum atomic E-state index is 12.8. The molecule has 68 valence electrons. The fourth-order valence-corrected chi connectivity index (χ4v) is 1.07. The molecule has 0 saturated heterocycles. The minimum Gasteiger partial charge on any atom is -0.234 e. The van der Waals surface area contributed by atoms with E-state index in [1.165, 1.54) is 0 Å². The minimum absolute atomic E-state index is 0.0793. The van der Waals surface area contributed by atoms with Crippen LogP contribution in [0.15, 0.2) is 24.6 Å². The van der Waals surface area contributed by atoms with Crippen LogP contribution >= 0.6 is 0 Å². The first-order chi connectivity index (χ1) is 5.55. The van der Waals surface area contributed by atoms with Gasteiger partial charge in [-0.05, 0) is 6.42 Å². The third-order valence-electron chi connectivity index (χ3n) is 1.78. The second-order valence-electron chi connectivity index (χ2n) is 2.65. The van der Waals surface area contributed by atoms with E-state index in [0.29, 0.717) is 6.42 Å². The molecule has 0 unspecified atom stereocenters. The normalized spacial score (nSPS) is 19.6. The lowest BCUT2D eigenvalue weighted by atomic mass is 10.2. The van der Waals surface area contributed by atoms with Gasteiger partial charge in [0.15, 0.2) is 5.83 Å². The summed E-state index contributed by atoms with van der Waals surface area (Å²) < 4.78 is 38.0. The molecule has 0 bridgehead atoms. The van der Waals surface area contributed by atoms with Crippen LogP contribution in [-0.4, -0.2) is 24.0 Å². The van der Waals surface area contributed by atoms with Crippen molar-refractivity contribution < 1.29 is 13.2 Å². The molecule has 0 N–H and O–H groups in total. The van der Waals surface area contributed by atoms with Crippen LogP contribution in [0, 0.1) is 0 Å². The van der Waals surface area contributed by atoms with E-state index in [-0.39, 0.29) is 13.1 Å². The molecule has 4 heteroatoms. The second kappa shape index (κ2) is 3.31. The topological polar surface area (TPSA) is 3.24 Å². The van der Waals surface area contributed by atoms with Gasteiger partial charge in [0.1, 0.15) is 0 Å². The van der Waals surface area contributed by atoms with Gasteiger partial charge in [-0.25, -0.2) is 9.29 Å². The SMILES string of the molecule is C=C(F)C(F)(F)N1CC=CCC1. The Morgan fingerprint density at radius 2 is 2.08 bits per heavy atom. The van der Waals surface area contributed by atoms with Crippen LogP contribution < -0.4 is 0 Å². The second-order valence-corrected chi connectivity index (χ2v) is 2.65. The summed E-state index contributed by atoms with van der Waals surface area (Å²) in [6.07, 6.45) is 3.93. The molecule has 0 radical (unpaired) electrons. The molecule has 12 heavy (non-hydrogen) atoms. The van der Waals surface area contributed by atoms with E-state index >= 15 is 0 Å². The zero-order valence-electron chi connectivity index (χ0n) is 6.56. The average molecular weight is 177 g/mol. The summed E-state index contributed by atoms with van der Waals surface area (Å²) in [5, 5.41) is 0. The molecule has 0 saturated carbocycles. The number of alkyl halides is 2. The fraction of sp³-hybridized carbons (Fsp3) is 0.500. The minimum atomic E-state index is -3.51. The number of hydrogen-bond acceptors (Lipinski definition) is 1. The van der Waals surface area contributed by atoms with Gasteiger partial charge in [0.25, 0.3) is 0 Å². The monoisotopic (exact) mass is 177 g/mol.